The SMILES string of the molecule is Cc1cccc2c1NC(C)C(CC#N)S2(=O)=O. The number of nitriles is 1. The van der Waals surface area contributed by atoms with Crippen molar-refractivity contribution in [2.24, 2.45) is 0 Å². The molecule has 0 saturated heterocycles. The molecule has 1 aliphatic heterocycles. The van der Waals surface area contributed by atoms with Gasteiger partial charge in [0.05, 0.1) is 28.3 Å². The number of para-hydroxylation sites is 1. The van der Waals surface area contributed by atoms with Crippen LogP contribution < -0.4 is 5.32 Å². The van der Waals surface area contributed by atoms with Gasteiger partial charge in [-0.3, -0.25) is 0 Å². The zero-order valence-corrected chi connectivity index (χ0v) is 10.6. The summed E-state index contributed by atoms with van der Waals surface area (Å²) in [6.45, 7) is 3.67. The fourth-order valence-electron chi connectivity index (χ4n) is 2.19. The molecule has 1 aromatic rings. The van der Waals surface area contributed by atoms with Gasteiger partial charge >= 0.3 is 0 Å². The molecule has 0 saturated carbocycles. The maximum atomic E-state index is 12.4. The molecule has 1 aliphatic rings. The van der Waals surface area contributed by atoms with Gasteiger partial charge in [-0.05, 0) is 25.5 Å². The molecule has 0 bridgehead atoms. The van der Waals surface area contributed by atoms with Gasteiger partial charge < -0.3 is 5.32 Å². The van der Waals surface area contributed by atoms with Gasteiger partial charge in [-0.1, -0.05) is 12.1 Å². The first-order chi connectivity index (χ1) is 7.98. The van der Waals surface area contributed by atoms with Crippen molar-refractivity contribution in [3.63, 3.8) is 0 Å². The molecule has 0 aromatic heterocycles. The van der Waals surface area contributed by atoms with Crippen LogP contribution in [0.2, 0.25) is 0 Å². The molecule has 5 heteroatoms. The van der Waals surface area contributed by atoms with Gasteiger partial charge in [0.2, 0.25) is 0 Å². The van der Waals surface area contributed by atoms with Gasteiger partial charge in [-0.2, -0.15) is 5.26 Å². The fraction of sp³-hybridized carbons (Fsp3) is 0.417. The third kappa shape index (κ3) is 1.79. The normalized spacial score (nSPS) is 25.5. The number of aryl methyl sites for hydroxylation is 1. The van der Waals surface area contributed by atoms with Crippen LogP contribution in [0.25, 0.3) is 0 Å². The number of hydrogen-bond acceptors (Lipinski definition) is 4. The van der Waals surface area contributed by atoms with Crippen molar-refractivity contribution in [3.8, 4) is 6.07 Å². The standard InChI is InChI=1S/C12H14N2O2S/c1-8-4-3-5-11-12(8)14-9(2)10(6-7-13)17(11,15)16/h3-5,9-10,14H,6H2,1-2H3. The highest BCUT2D eigenvalue weighted by atomic mass is 32.2. The molecule has 1 heterocycles. The third-order valence-electron chi connectivity index (χ3n) is 3.16. The lowest BCUT2D eigenvalue weighted by Crippen LogP contribution is -2.41. The monoisotopic (exact) mass is 250 g/mol. The average molecular weight is 250 g/mol. The number of sulfone groups is 1. The second kappa shape index (κ2) is 4.04. The summed E-state index contributed by atoms with van der Waals surface area (Å²) in [6, 6.07) is 6.91. The molecule has 0 radical (unpaired) electrons. The second-order valence-electron chi connectivity index (χ2n) is 4.33. The number of benzene rings is 1. The highest BCUT2D eigenvalue weighted by molar-refractivity contribution is 7.92. The van der Waals surface area contributed by atoms with E-state index >= 15 is 0 Å². The van der Waals surface area contributed by atoms with Crippen LogP contribution in [-0.4, -0.2) is 19.7 Å². The zero-order valence-electron chi connectivity index (χ0n) is 9.77. The zero-order chi connectivity index (χ0) is 12.6. The van der Waals surface area contributed by atoms with Gasteiger partial charge in [-0.15, -0.1) is 0 Å². The fourth-order valence-corrected chi connectivity index (χ4v) is 4.19. The Balaban J connectivity index is 2.63. The molecule has 0 fully saturated rings. The molecule has 17 heavy (non-hydrogen) atoms. The van der Waals surface area contributed by atoms with E-state index < -0.39 is 15.1 Å². The number of anilines is 1. The molecule has 2 atom stereocenters. The van der Waals surface area contributed by atoms with Crippen LogP contribution in [0.4, 0.5) is 5.69 Å². The minimum Gasteiger partial charge on any atom is -0.380 e. The van der Waals surface area contributed by atoms with Crippen molar-refractivity contribution in [3.05, 3.63) is 23.8 Å². The molecule has 0 amide bonds. The summed E-state index contributed by atoms with van der Waals surface area (Å²) in [5, 5.41) is 11.3. The summed E-state index contributed by atoms with van der Waals surface area (Å²) in [5.74, 6) is 0. The van der Waals surface area contributed by atoms with E-state index in [0.717, 1.165) is 5.56 Å². The van der Waals surface area contributed by atoms with E-state index in [4.69, 9.17) is 5.26 Å². The summed E-state index contributed by atoms with van der Waals surface area (Å²) in [4.78, 5) is 0.316. The van der Waals surface area contributed by atoms with Gasteiger partial charge in [0, 0.05) is 6.04 Å². The first kappa shape index (κ1) is 11.9. The Morgan fingerprint density at radius 1 is 1.47 bits per heavy atom. The van der Waals surface area contributed by atoms with E-state index in [1.54, 1.807) is 19.1 Å². The number of nitrogens with zero attached hydrogens (tertiary/aromatic N) is 1. The summed E-state index contributed by atoms with van der Waals surface area (Å²) in [6.07, 6.45) is 0.0177. The summed E-state index contributed by atoms with van der Waals surface area (Å²) >= 11 is 0. The van der Waals surface area contributed by atoms with Crippen LogP contribution in [0.3, 0.4) is 0 Å². The second-order valence-corrected chi connectivity index (χ2v) is 6.46. The lowest BCUT2D eigenvalue weighted by molar-refractivity contribution is 0.560. The molecule has 2 unspecified atom stereocenters. The molecule has 1 N–H and O–H groups in total. The molecule has 1 aromatic carbocycles. The van der Waals surface area contributed by atoms with Gasteiger partial charge in [0.1, 0.15) is 0 Å². The lowest BCUT2D eigenvalue weighted by Gasteiger charge is -2.31. The maximum Gasteiger partial charge on any atom is 0.186 e. The topological polar surface area (TPSA) is 70.0 Å². The summed E-state index contributed by atoms with van der Waals surface area (Å²) in [7, 11) is -3.40. The number of nitrogens with one attached hydrogen (secondary N) is 1. The molecule has 4 nitrogen and oxygen atoms in total. The Hall–Kier alpha value is -1.54. The van der Waals surface area contributed by atoms with E-state index in [1.165, 1.54) is 0 Å². The Bertz CT molecular complexity index is 587. The minimum absolute atomic E-state index is 0.0177. The van der Waals surface area contributed by atoms with Crippen LogP contribution in [0.15, 0.2) is 23.1 Å². The maximum absolute atomic E-state index is 12.4. The number of rotatable bonds is 1. The molecule has 2 rings (SSSR count). The van der Waals surface area contributed by atoms with Gasteiger partial charge in [0.15, 0.2) is 9.84 Å². The van der Waals surface area contributed by atoms with Crippen LogP contribution in [0.1, 0.15) is 18.9 Å². The van der Waals surface area contributed by atoms with Crippen molar-refractivity contribution >= 4 is 15.5 Å². The van der Waals surface area contributed by atoms with Gasteiger partial charge in [0.25, 0.3) is 0 Å². The Labute approximate surface area is 101 Å². The van der Waals surface area contributed by atoms with E-state index in [0.29, 0.717) is 10.6 Å². The molecule has 0 aliphatic carbocycles. The predicted molar refractivity (Wildman–Crippen MR) is 65.5 cm³/mol. The van der Waals surface area contributed by atoms with Crippen molar-refractivity contribution in [1.82, 2.24) is 0 Å². The largest absolute Gasteiger partial charge is 0.380 e. The van der Waals surface area contributed by atoms with Crippen molar-refractivity contribution in [1.29, 1.82) is 5.26 Å². The highest BCUT2D eigenvalue weighted by Crippen LogP contribution is 2.35. The number of fused-ring (bicyclic) bond motifs is 1. The van der Waals surface area contributed by atoms with Gasteiger partial charge in [-0.25, -0.2) is 8.42 Å². The van der Waals surface area contributed by atoms with E-state index in [1.807, 2.05) is 19.1 Å². The Kier molecular flexibility index (Phi) is 2.84. The molecule has 0 spiro atoms. The third-order valence-corrected chi connectivity index (χ3v) is 5.49. The van der Waals surface area contributed by atoms with Crippen LogP contribution in [-0.2, 0) is 9.84 Å². The first-order valence-corrected chi connectivity index (χ1v) is 7.00. The molecule has 90 valence electrons. The van der Waals surface area contributed by atoms with Crippen molar-refractivity contribution in [2.75, 3.05) is 5.32 Å². The predicted octanol–water partition coefficient (Wildman–Crippen LogP) is 1.87. The van der Waals surface area contributed by atoms with Crippen molar-refractivity contribution < 1.29 is 8.42 Å². The first-order valence-electron chi connectivity index (χ1n) is 5.45. The van der Waals surface area contributed by atoms with E-state index in [2.05, 4.69) is 5.32 Å². The van der Waals surface area contributed by atoms with E-state index in [-0.39, 0.29) is 12.5 Å². The van der Waals surface area contributed by atoms with Crippen LogP contribution >= 0.6 is 0 Å². The minimum atomic E-state index is -3.40. The summed E-state index contributed by atoms with van der Waals surface area (Å²) in [5.41, 5.74) is 1.59. The average Bonchev–Trinajstić information content (AvgIpc) is 2.26. The summed E-state index contributed by atoms with van der Waals surface area (Å²) < 4.78 is 24.7. The molecular formula is C12H14N2O2S. The Morgan fingerprint density at radius 3 is 2.82 bits per heavy atom. The Morgan fingerprint density at radius 2 is 2.18 bits per heavy atom. The van der Waals surface area contributed by atoms with Crippen molar-refractivity contribution in [2.45, 2.75) is 36.5 Å². The smallest absolute Gasteiger partial charge is 0.186 e. The highest BCUT2D eigenvalue weighted by Gasteiger charge is 2.38. The number of hydrogen-bond donors (Lipinski definition) is 1. The van der Waals surface area contributed by atoms with E-state index in [9.17, 15) is 8.42 Å². The quantitative estimate of drug-likeness (QED) is 0.826. The van der Waals surface area contributed by atoms with Crippen LogP contribution in [0.5, 0.6) is 0 Å². The van der Waals surface area contributed by atoms with Crippen LogP contribution in [0, 0.1) is 18.3 Å². The lowest BCUT2D eigenvalue weighted by atomic mass is 10.1. The molecular weight excluding hydrogens is 236 g/mol.